The fourth-order valence-electron chi connectivity index (χ4n) is 1.69. The lowest BCUT2D eigenvalue weighted by atomic mass is 10.2. The molecule has 0 amide bonds. The number of fused-ring (bicyclic) bond motifs is 1. The van der Waals surface area contributed by atoms with E-state index in [1.54, 1.807) is 0 Å². The van der Waals surface area contributed by atoms with E-state index in [1.807, 2.05) is 38.1 Å². The molecule has 96 valence electrons. The van der Waals surface area contributed by atoms with Crippen LogP contribution < -0.4 is 0 Å². The second-order valence-corrected chi connectivity index (χ2v) is 5.36. The quantitative estimate of drug-likeness (QED) is 0.713. The molecular formula is C13H10ClN3OS. The van der Waals surface area contributed by atoms with Crippen molar-refractivity contribution in [3.63, 3.8) is 0 Å². The van der Waals surface area contributed by atoms with Crippen LogP contribution >= 0.6 is 23.4 Å². The number of halogens is 1. The van der Waals surface area contributed by atoms with Crippen molar-refractivity contribution in [2.45, 2.75) is 24.1 Å². The Bertz CT molecular complexity index is 737. The van der Waals surface area contributed by atoms with Crippen LogP contribution in [0.5, 0.6) is 0 Å². The van der Waals surface area contributed by atoms with E-state index in [-0.39, 0.29) is 0 Å². The van der Waals surface area contributed by atoms with E-state index in [0.29, 0.717) is 10.4 Å². The molecule has 2 heterocycles. The van der Waals surface area contributed by atoms with Crippen LogP contribution in [0.2, 0.25) is 5.15 Å². The van der Waals surface area contributed by atoms with Crippen molar-refractivity contribution in [1.29, 1.82) is 0 Å². The molecule has 0 saturated heterocycles. The zero-order valence-corrected chi connectivity index (χ0v) is 11.9. The van der Waals surface area contributed by atoms with Crippen LogP contribution in [0, 0.1) is 13.8 Å². The normalized spacial score (nSPS) is 11.1. The van der Waals surface area contributed by atoms with Gasteiger partial charge in [-0.05, 0) is 25.6 Å². The van der Waals surface area contributed by atoms with E-state index in [1.165, 1.54) is 11.8 Å². The van der Waals surface area contributed by atoms with Crippen molar-refractivity contribution in [3.8, 4) is 0 Å². The van der Waals surface area contributed by atoms with Crippen LogP contribution in [-0.2, 0) is 0 Å². The van der Waals surface area contributed by atoms with Gasteiger partial charge in [-0.15, -0.1) is 10.2 Å². The Morgan fingerprint density at radius 3 is 2.53 bits per heavy atom. The van der Waals surface area contributed by atoms with Crippen LogP contribution in [0.25, 0.3) is 10.8 Å². The Hall–Kier alpha value is -1.59. The van der Waals surface area contributed by atoms with E-state index in [2.05, 4.69) is 15.2 Å². The van der Waals surface area contributed by atoms with E-state index in [4.69, 9.17) is 16.0 Å². The molecule has 2 aromatic heterocycles. The highest BCUT2D eigenvalue weighted by Gasteiger charge is 2.13. The van der Waals surface area contributed by atoms with Gasteiger partial charge in [-0.3, -0.25) is 0 Å². The smallest absolute Gasteiger partial charge is 0.262 e. The van der Waals surface area contributed by atoms with Gasteiger partial charge in [0.25, 0.3) is 5.22 Å². The third kappa shape index (κ3) is 2.31. The number of hydrogen-bond donors (Lipinski definition) is 0. The van der Waals surface area contributed by atoms with Gasteiger partial charge in [0.1, 0.15) is 10.8 Å². The summed E-state index contributed by atoms with van der Waals surface area (Å²) < 4.78 is 5.55. The number of nitrogens with zero attached hydrogens (tertiary/aromatic N) is 3. The summed E-state index contributed by atoms with van der Waals surface area (Å²) >= 11 is 7.39. The lowest BCUT2D eigenvalue weighted by molar-refractivity contribution is 0.431. The third-order valence-electron chi connectivity index (χ3n) is 2.80. The van der Waals surface area contributed by atoms with Crippen molar-refractivity contribution in [1.82, 2.24) is 15.2 Å². The fourth-order valence-corrected chi connectivity index (χ4v) is 2.78. The van der Waals surface area contributed by atoms with E-state index < -0.39 is 0 Å². The molecule has 0 aliphatic heterocycles. The molecule has 3 rings (SSSR count). The lowest BCUT2D eigenvalue weighted by Crippen LogP contribution is -1.89. The minimum atomic E-state index is 0.403. The molecule has 19 heavy (non-hydrogen) atoms. The number of aryl methyl sites for hydroxylation is 2. The largest absolute Gasteiger partial charge is 0.436 e. The Morgan fingerprint density at radius 1 is 1.11 bits per heavy atom. The topological polar surface area (TPSA) is 51.8 Å². The molecule has 0 saturated carbocycles. The molecule has 0 unspecified atom stereocenters. The molecule has 0 fully saturated rings. The van der Waals surface area contributed by atoms with Crippen molar-refractivity contribution < 1.29 is 4.42 Å². The monoisotopic (exact) mass is 291 g/mol. The second-order valence-electron chi connectivity index (χ2n) is 4.06. The Balaban J connectivity index is 2.08. The van der Waals surface area contributed by atoms with Gasteiger partial charge < -0.3 is 4.42 Å². The fraction of sp³-hybridized carbons (Fsp3) is 0.154. The minimum Gasteiger partial charge on any atom is -0.436 e. The van der Waals surface area contributed by atoms with Crippen molar-refractivity contribution in [2.24, 2.45) is 0 Å². The standard InChI is InChI=1S/C13H10ClN3OS/c1-7-8(2)18-13(15-7)19-12-10-6-4-3-5-9(10)11(14)16-17-12/h3-6H,1-2H3. The number of benzene rings is 1. The maximum atomic E-state index is 6.04. The first kappa shape index (κ1) is 12.4. The van der Waals surface area contributed by atoms with E-state index in [9.17, 15) is 0 Å². The maximum Gasteiger partial charge on any atom is 0.262 e. The minimum absolute atomic E-state index is 0.403. The first-order valence-corrected chi connectivity index (χ1v) is 6.87. The summed E-state index contributed by atoms with van der Waals surface area (Å²) in [6.07, 6.45) is 0. The summed E-state index contributed by atoms with van der Waals surface area (Å²) in [7, 11) is 0. The predicted octanol–water partition coefficient (Wildman–Crippen LogP) is 4.04. The molecule has 1 aromatic carbocycles. The summed E-state index contributed by atoms with van der Waals surface area (Å²) in [6.45, 7) is 3.80. The molecule has 3 aromatic rings. The number of aromatic nitrogens is 3. The molecule has 0 aliphatic rings. The first-order chi connectivity index (χ1) is 9.15. The molecule has 6 heteroatoms. The van der Waals surface area contributed by atoms with Crippen molar-refractivity contribution >= 4 is 34.1 Å². The average Bonchev–Trinajstić information content (AvgIpc) is 2.72. The zero-order valence-electron chi connectivity index (χ0n) is 10.3. The molecule has 0 atom stereocenters. The van der Waals surface area contributed by atoms with Crippen molar-refractivity contribution in [2.75, 3.05) is 0 Å². The maximum absolute atomic E-state index is 6.04. The van der Waals surface area contributed by atoms with Gasteiger partial charge in [-0.2, -0.15) is 0 Å². The highest BCUT2D eigenvalue weighted by atomic mass is 35.5. The summed E-state index contributed by atoms with van der Waals surface area (Å²) in [6, 6.07) is 7.74. The van der Waals surface area contributed by atoms with E-state index in [0.717, 1.165) is 27.3 Å². The second kappa shape index (κ2) is 4.83. The van der Waals surface area contributed by atoms with Gasteiger partial charge in [0.2, 0.25) is 0 Å². The van der Waals surface area contributed by atoms with Crippen LogP contribution in [0.15, 0.2) is 38.9 Å². The third-order valence-corrected chi connectivity index (χ3v) is 3.92. The highest BCUT2D eigenvalue weighted by Crippen LogP contribution is 2.33. The number of rotatable bonds is 2. The Kier molecular flexibility index (Phi) is 3.16. The molecular weight excluding hydrogens is 282 g/mol. The predicted molar refractivity (Wildman–Crippen MR) is 74.6 cm³/mol. The summed E-state index contributed by atoms with van der Waals surface area (Å²) in [5.74, 6) is 0.814. The SMILES string of the molecule is Cc1nc(Sc2nnc(Cl)c3ccccc23)oc1C. The first-order valence-electron chi connectivity index (χ1n) is 5.68. The van der Waals surface area contributed by atoms with Crippen LogP contribution in [0.1, 0.15) is 11.5 Å². The van der Waals surface area contributed by atoms with Crippen LogP contribution in [-0.4, -0.2) is 15.2 Å². The van der Waals surface area contributed by atoms with Gasteiger partial charge in [-0.1, -0.05) is 35.9 Å². The molecule has 0 bridgehead atoms. The van der Waals surface area contributed by atoms with E-state index >= 15 is 0 Å². The number of oxazole rings is 1. The molecule has 0 radical (unpaired) electrons. The van der Waals surface area contributed by atoms with Gasteiger partial charge in [0.15, 0.2) is 5.15 Å². The van der Waals surface area contributed by atoms with Gasteiger partial charge in [0.05, 0.1) is 5.69 Å². The Morgan fingerprint density at radius 2 is 1.84 bits per heavy atom. The lowest BCUT2D eigenvalue weighted by Gasteiger charge is -2.03. The summed E-state index contributed by atoms with van der Waals surface area (Å²) in [5.41, 5.74) is 0.883. The zero-order chi connectivity index (χ0) is 13.4. The molecule has 0 spiro atoms. The summed E-state index contributed by atoms with van der Waals surface area (Å²) in [5, 5.41) is 11.6. The Labute approximate surface area is 119 Å². The molecule has 4 nitrogen and oxygen atoms in total. The van der Waals surface area contributed by atoms with Gasteiger partial charge in [0, 0.05) is 10.8 Å². The highest BCUT2D eigenvalue weighted by molar-refractivity contribution is 7.99. The molecule has 0 aliphatic carbocycles. The average molecular weight is 292 g/mol. The van der Waals surface area contributed by atoms with Gasteiger partial charge in [-0.25, -0.2) is 4.98 Å². The van der Waals surface area contributed by atoms with Gasteiger partial charge >= 0.3 is 0 Å². The van der Waals surface area contributed by atoms with Crippen molar-refractivity contribution in [3.05, 3.63) is 40.9 Å². The van der Waals surface area contributed by atoms with Crippen LogP contribution in [0.4, 0.5) is 0 Å². The molecule has 0 N–H and O–H groups in total. The number of hydrogen-bond acceptors (Lipinski definition) is 5. The van der Waals surface area contributed by atoms with Crippen LogP contribution in [0.3, 0.4) is 0 Å². The summed E-state index contributed by atoms with van der Waals surface area (Å²) in [4.78, 5) is 4.33.